The number of imidazole rings is 1. The van der Waals surface area contributed by atoms with Crippen molar-refractivity contribution in [1.82, 2.24) is 9.55 Å². The summed E-state index contributed by atoms with van der Waals surface area (Å²) in [6.45, 7) is 1.81. The highest BCUT2D eigenvalue weighted by Gasteiger charge is 2.30. The highest BCUT2D eigenvalue weighted by atomic mass is 16.4. The summed E-state index contributed by atoms with van der Waals surface area (Å²) in [7, 11) is 0. The molecule has 4 rings (SSSR count). The van der Waals surface area contributed by atoms with Gasteiger partial charge in [0.2, 0.25) is 0 Å². The van der Waals surface area contributed by atoms with Crippen molar-refractivity contribution in [2.45, 2.75) is 12.8 Å². The molecule has 1 atom stereocenters. The van der Waals surface area contributed by atoms with Gasteiger partial charge in [-0.15, -0.1) is 0 Å². The average molecular weight is 346 g/mol. The van der Waals surface area contributed by atoms with E-state index in [9.17, 15) is 19.5 Å². The maximum absolute atomic E-state index is 12.8. The molecule has 3 aromatic rings. The Morgan fingerprint density at radius 3 is 2.27 bits per heavy atom. The number of fused-ring (bicyclic) bond motifs is 2. The third-order valence-corrected chi connectivity index (χ3v) is 4.71. The fraction of sp³-hybridized carbons (Fsp3) is 0.100. The van der Waals surface area contributed by atoms with Gasteiger partial charge < -0.3 is 5.11 Å². The molecule has 0 bridgehead atoms. The lowest BCUT2D eigenvalue weighted by atomic mass is 9.82. The molecule has 1 N–H and O–H groups in total. The van der Waals surface area contributed by atoms with Gasteiger partial charge in [0.1, 0.15) is 5.82 Å². The molecule has 1 aliphatic carbocycles. The Bertz CT molecular complexity index is 1080. The van der Waals surface area contributed by atoms with Crippen LogP contribution < -0.4 is 0 Å². The summed E-state index contributed by atoms with van der Waals surface area (Å²) in [6, 6.07) is 11.8. The zero-order valence-electron chi connectivity index (χ0n) is 13.8. The smallest absolute Gasteiger partial charge is 0.417 e. The lowest BCUT2D eigenvalue weighted by Crippen LogP contribution is -2.21. The van der Waals surface area contributed by atoms with Crippen molar-refractivity contribution in [2.75, 3.05) is 0 Å². The van der Waals surface area contributed by atoms with Crippen LogP contribution in [-0.2, 0) is 0 Å². The van der Waals surface area contributed by atoms with Gasteiger partial charge in [-0.3, -0.25) is 9.59 Å². The number of nitrogens with zero attached hydrogens (tertiary/aromatic N) is 2. The average Bonchev–Trinajstić information content (AvgIpc) is 3.15. The Kier molecular flexibility index (Phi) is 3.54. The molecule has 26 heavy (non-hydrogen) atoms. The van der Waals surface area contributed by atoms with E-state index in [1.807, 2.05) is 6.92 Å². The second-order valence-electron chi connectivity index (χ2n) is 6.17. The van der Waals surface area contributed by atoms with Gasteiger partial charge in [0.05, 0.1) is 0 Å². The molecular formula is C20H14N2O4. The largest absolute Gasteiger partial charge is 0.464 e. The van der Waals surface area contributed by atoms with Crippen LogP contribution in [0.25, 0.3) is 0 Å². The molecule has 0 saturated carbocycles. The van der Waals surface area contributed by atoms with E-state index in [2.05, 4.69) is 4.98 Å². The quantitative estimate of drug-likeness (QED) is 0.601. The van der Waals surface area contributed by atoms with Crippen molar-refractivity contribution in [2.24, 2.45) is 0 Å². The van der Waals surface area contributed by atoms with Crippen LogP contribution in [0.5, 0.6) is 0 Å². The third-order valence-electron chi connectivity index (χ3n) is 4.71. The Morgan fingerprint density at radius 1 is 1.00 bits per heavy atom. The Balaban J connectivity index is 1.81. The molecule has 1 aliphatic rings. The van der Waals surface area contributed by atoms with Gasteiger partial charge >= 0.3 is 6.09 Å². The minimum absolute atomic E-state index is 0.179. The first-order valence-corrected chi connectivity index (χ1v) is 8.08. The van der Waals surface area contributed by atoms with Gasteiger partial charge in [-0.25, -0.2) is 14.3 Å². The van der Waals surface area contributed by atoms with Crippen LogP contribution in [0, 0.1) is 0 Å². The van der Waals surface area contributed by atoms with E-state index in [0.29, 0.717) is 28.1 Å². The summed E-state index contributed by atoms with van der Waals surface area (Å²) >= 11 is 0. The summed E-state index contributed by atoms with van der Waals surface area (Å²) in [5, 5.41) is 9.25. The fourth-order valence-electron chi connectivity index (χ4n) is 3.33. The van der Waals surface area contributed by atoms with Gasteiger partial charge in [0, 0.05) is 40.6 Å². The first-order chi connectivity index (χ1) is 12.5. The molecule has 6 heteroatoms. The molecule has 1 unspecified atom stereocenters. The molecule has 1 aromatic heterocycles. The van der Waals surface area contributed by atoms with Crippen molar-refractivity contribution in [1.29, 1.82) is 0 Å². The summed E-state index contributed by atoms with van der Waals surface area (Å²) in [6.07, 6.45) is 1.67. The Morgan fingerprint density at radius 2 is 1.62 bits per heavy atom. The fourth-order valence-corrected chi connectivity index (χ4v) is 3.33. The number of aromatic nitrogens is 2. The summed E-state index contributed by atoms with van der Waals surface area (Å²) in [5.41, 5.74) is 2.23. The van der Waals surface area contributed by atoms with Gasteiger partial charge in [-0.2, -0.15) is 0 Å². The Labute approximate surface area is 148 Å². The Hall–Kier alpha value is -3.54. The van der Waals surface area contributed by atoms with Crippen molar-refractivity contribution in [3.8, 4) is 0 Å². The molecule has 0 saturated heterocycles. The molecule has 6 nitrogen and oxygen atoms in total. The number of rotatable bonds is 2. The number of ketones is 2. The van der Waals surface area contributed by atoms with E-state index in [1.165, 1.54) is 12.4 Å². The zero-order chi connectivity index (χ0) is 18.4. The van der Waals surface area contributed by atoms with E-state index in [0.717, 1.165) is 10.1 Å². The van der Waals surface area contributed by atoms with Crippen LogP contribution in [0.15, 0.2) is 54.9 Å². The normalized spacial score (nSPS) is 13.9. The van der Waals surface area contributed by atoms with Crippen molar-refractivity contribution in [3.05, 3.63) is 88.5 Å². The van der Waals surface area contributed by atoms with E-state index in [4.69, 9.17) is 0 Å². The SMILES string of the molecule is CC(c1ccc2c(c1)C(=O)c1ccccc1C2=O)c1nccn1C(=O)O. The van der Waals surface area contributed by atoms with E-state index >= 15 is 0 Å². The second kappa shape index (κ2) is 5.77. The molecule has 1 heterocycles. The molecular weight excluding hydrogens is 332 g/mol. The number of hydrogen-bond acceptors (Lipinski definition) is 4. The number of carbonyl (C=O) groups is 3. The number of benzene rings is 2. The zero-order valence-corrected chi connectivity index (χ0v) is 13.8. The first kappa shape index (κ1) is 16.0. The van der Waals surface area contributed by atoms with Crippen LogP contribution >= 0.6 is 0 Å². The lowest BCUT2D eigenvalue weighted by Gasteiger charge is -2.19. The topological polar surface area (TPSA) is 89.3 Å². The van der Waals surface area contributed by atoms with Crippen LogP contribution in [-0.4, -0.2) is 32.3 Å². The molecule has 0 amide bonds. The molecule has 0 radical (unpaired) electrons. The van der Waals surface area contributed by atoms with Crippen molar-refractivity contribution >= 4 is 17.7 Å². The molecule has 0 spiro atoms. The van der Waals surface area contributed by atoms with Gasteiger partial charge in [0.15, 0.2) is 11.6 Å². The highest BCUT2D eigenvalue weighted by molar-refractivity contribution is 6.28. The summed E-state index contributed by atoms with van der Waals surface area (Å²) < 4.78 is 1.05. The van der Waals surface area contributed by atoms with Crippen molar-refractivity contribution in [3.63, 3.8) is 0 Å². The number of hydrogen-bond donors (Lipinski definition) is 1. The standard InChI is InChI=1S/C20H14N2O4/c1-11(19-21-8-9-22(19)20(25)26)12-6-7-15-16(10-12)18(24)14-5-3-2-4-13(14)17(15)23/h2-11H,1H3,(H,25,26). The highest BCUT2D eigenvalue weighted by Crippen LogP contribution is 2.31. The van der Waals surface area contributed by atoms with Gasteiger partial charge in [0.25, 0.3) is 0 Å². The maximum Gasteiger partial charge on any atom is 0.417 e. The predicted octanol–water partition coefficient (Wildman–Crippen LogP) is 3.34. The van der Waals surface area contributed by atoms with Crippen LogP contribution in [0.1, 0.15) is 56.1 Å². The maximum atomic E-state index is 12.8. The van der Waals surface area contributed by atoms with Crippen LogP contribution in [0.3, 0.4) is 0 Å². The van der Waals surface area contributed by atoms with E-state index in [1.54, 1.807) is 42.5 Å². The third kappa shape index (κ3) is 2.27. The molecule has 128 valence electrons. The molecule has 0 fully saturated rings. The van der Waals surface area contributed by atoms with Crippen LogP contribution in [0.4, 0.5) is 4.79 Å². The minimum Gasteiger partial charge on any atom is -0.464 e. The molecule has 2 aromatic carbocycles. The molecule has 0 aliphatic heterocycles. The van der Waals surface area contributed by atoms with E-state index in [-0.39, 0.29) is 17.5 Å². The van der Waals surface area contributed by atoms with E-state index < -0.39 is 6.09 Å². The lowest BCUT2D eigenvalue weighted by molar-refractivity contribution is 0.0979. The number of carbonyl (C=O) groups excluding carboxylic acids is 2. The van der Waals surface area contributed by atoms with Crippen LogP contribution in [0.2, 0.25) is 0 Å². The number of carboxylic acid groups (broad SMARTS) is 1. The summed E-state index contributed by atoms with van der Waals surface area (Å²) in [5.74, 6) is -0.383. The first-order valence-electron chi connectivity index (χ1n) is 8.08. The minimum atomic E-state index is -1.12. The predicted molar refractivity (Wildman–Crippen MR) is 92.9 cm³/mol. The van der Waals surface area contributed by atoms with Gasteiger partial charge in [-0.1, -0.05) is 37.3 Å². The van der Waals surface area contributed by atoms with Crippen molar-refractivity contribution < 1.29 is 19.5 Å². The monoisotopic (exact) mass is 346 g/mol. The second-order valence-corrected chi connectivity index (χ2v) is 6.17. The van der Waals surface area contributed by atoms with Gasteiger partial charge in [-0.05, 0) is 17.7 Å². The summed E-state index contributed by atoms with van der Waals surface area (Å²) in [4.78, 5) is 40.9.